The van der Waals surface area contributed by atoms with Crippen molar-refractivity contribution in [2.45, 2.75) is 190 Å². The van der Waals surface area contributed by atoms with Crippen LogP contribution in [-0.2, 0) is 0 Å². The van der Waals surface area contributed by atoms with Gasteiger partial charge in [-0.25, -0.2) is 0 Å². The highest BCUT2D eigenvalue weighted by molar-refractivity contribution is 4.65. The molecule has 4 saturated carbocycles. The maximum Gasteiger partial charge on any atom is 0.0300 e. The molecule has 0 nitrogen and oxygen atoms in total. The fourth-order valence-electron chi connectivity index (χ4n) is 4.74. The molecule has 0 atom stereocenters. The van der Waals surface area contributed by atoms with Crippen LogP contribution < -0.4 is 0 Å². The summed E-state index contributed by atoms with van der Waals surface area (Å²) in [6.07, 6.45) is 18.7. The van der Waals surface area contributed by atoms with Crippen molar-refractivity contribution in [3.05, 3.63) is 0 Å². The van der Waals surface area contributed by atoms with E-state index >= 15 is 0 Å². The topological polar surface area (TPSA) is 0 Å². The predicted octanol–water partition coefficient (Wildman–Crippen LogP) is 12.8. The zero-order valence-corrected chi connectivity index (χ0v) is 24.9. The van der Waals surface area contributed by atoms with Gasteiger partial charge in [-0.3, -0.25) is 0 Å². The van der Waals surface area contributed by atoms with E-state index in [1.807, 2.05) is 34.6 Å². The largest absolute Gasteiger partial charge is 0.0651 e. The van der Waals surface area contributed by atoms with Crippen molar-refractivity contribution >= 4 is 0 Å². The lowest BCUT2D eigenvalue weighted by molar-refractivity contribution is 0.349. The molecule has 4 fully saturated rings. The van der Waals surface area contributed by atoms with E-state index in [9.17, 15) is 0 Å². The summed E-state index contributed by atoms with van der Waals surface area (Å²) >= 11 is 0. The molecule has 0 N–H and O–H groups in total. The summed E-state index contributed by atoms with van der Waals surface area (Å²) in [5, 5.41) is 0. The average molecular weight is 487 g/mol. The minimum atomic E-state index is -1.06. The van der Waals surface area contributed by atoms with E-state index in [1.54, 1.807) is 20.8 Å². The molecule has 0 aliphatic heterocycles. The second-order valence-corrected chi connectivity index (χ2v) is 12.1. The van der Waals surface area contributed by atoms with Crippen molar-refractivity contribution in [2.75, 3.05) is 0 Å². The van der Waals surface area contributed by atoms with E-state index in [0.29, 0.717) is 11.8 Å². The van der Waals surface area contributed by atoms with Crippen LogP contribution in [-0.4, -0.2) is 0 Å². The third-order valence-electron chi connectivity index (χ3n) is 7.69. The van der Waals surface area contributed by atoms with Crippen molar-refractivity contribution in [3.63, 3.8) is 0 Å². The van der Waals surface area contributed by atoms with E-state index < -0.39 is 19.1 Å². The van der Waals surface area contributed by atoms with Gasteiger partial charge in [0.15, 0.2) is 0 Å². The Bertz CT molecular complexity index is 652. The van der Waals surface area contributed by atoms with Crippen LogP contribution in [0.25, 0.3) is 0 Å². The summed E-state index contributed by atoms with van der Waals surface area (Å²) < 4.78 is 59.4. The van der Waals surface area contributed by atoms with Gasteiger partial charge in [-0.15, -0.1) is 0 Å². The normalized spacial score (nSPS) is 28.8. The van der Waals surface area contributed by atoms with E-state index in [4.69, 9.17) is 11.0 Å². The third kappa shape index (κ3) is 22.5. The molecular weight excluding hydrogens is 408 g/mol. The van der Waals surface area contributed by atoms with E-state index in [1.165, 1.54) is 64.2 Å². The average Bonchev–Trinajstić information content (AvgIpc) is 3.51. The zero-order valence-electron chi connectivity index (χ0n) is 32.9. The zero-order chi connectivity index (χ0) is 32.9. The van der Waals surface area contributed by atoms with Gasteiger partial charge in [0.05, 0.1) is 0 Å². The van der Waals surface area contributed by atoms with Crippen LogP contribution in [0, 0.1) is 29.0 Å². The van der Waals surface area contributed by atoms with E-state index in [0.717, 1.165) is 51.4 Å². The molecule has 0 bridgehead atoms. The first-order valence-corrected chi connectivity index (χ1v) is 14.9. The molecule has 0 spiro atoms. The Kier molecular flexibility index (Phi) is 14.4. The number of hydrogen-bond donors (Lipinski definition) is 0. The van der Waals surface area contributed by atoms with Crippen molar-refractivity contribution in [1.29, 1.82) is 0 Å². The third-order valence-corrected chi connectivity index (χ3v) is 7.69. The summed E-state index contributed by atoms with van der Waals surface area (Å²) in [6, 6.07) is 0. The van der Waals surface area contributed by atoms with Crippen LogP contribution in [0.1, 0.15) is 201 Å². The molecule has 0 heterocycles. The second kappa shape index (κ2) is 22.2. The van der Waals surface area contributed by atoms with Gasteiger partial charge in [0.25, 0.3) is 0 Å². The van der Waals surface area contributed by atoms with Gasteiger partial charge >= 0.3 is 0 Å². The molecule has 0 saturated heterocycles. The number of rotatable bonds is 2. The monoisotopic (exact) mass is 487 g/mol. The van der Waals surface area contributed by atoms with Crippen LogP contribution in [0.5, 0.6) is 0 Å². The standard InChI is InChI=1S/C8H16.2C7H14.C6H12.C6H14/c1-2-8-6-4-3-5-7-8;1-7-5-3-2-4-6-7;1-2-7-5-3-4-6-7;1-6-4-2-3-5-6;1-5-6(2,3)4/h8H,2-7H2,1H3;2*7H,2-6H2,1H3;6H,2-5H2,1H3;5H2,1-4H3/i2D2;7D;2D2;6D;5D2. The van der Waals surface area contributed by atoms with Gasteiger partial charge in [-0.1, -0.05) is 190 Å². The maximum atomic E-state index is 7.63. The van der Waals surface area contributed by atoms with E-state index in [-0.39, 0.29) is 17.2 Å². The Labute approximate surface area is 230 Å². The van der Waals surface area contributed by atoms with Crippen LogP contribution in [0.4, 0.5) is 0 Å². The van der Waals surface area contributed by atoms with Gasteiger partial charge < -0.3 is 0 Å². The van der Waals surface area contributed by atoms with E-state index in [2.05, 4.69) is 0 Å². The summed E-state index contributed by atoms with van der Waals surface area (Å²) in [6.45, 7) is 14.8. The molecule has 0 radical (unpaired) electrons. The van der Waals surface area contributed by atoms with Crippen molar-refractivity contribution < 1.29 is 11.0 Å². The lowest BCUT2D eigenvalue weighted by Crippen LogP contribution is -2.03. The minimum absolute atomic E-state index is 0.0556. The fraction of sp³-hybridized carbons (Fsp3) is 1.00. The highest BCUT2D eigenvalue weighted by Gasteiger charge is 2.11. The van der Waals surface area contributed by atoms with Gasteiger partial charge in [0.2, 0.25) is 0 Å². The molecule has 0 aromatic heterocycles. The smallest absolute Gasteiger partial charge is 0.0300 e. The lowest BCUT2D eigenvalue weighted by Gasteiger charge is -2.18. The Morgan fingerprint density at radius 1 is 0.529 bits per heavy atom. The SMILES string of the molecule is [2H]C([2H])(C)C(C)(C)C.[2H]C([2H])(C)C1CCCC1.[2H]C([2H])(C)C1CCCCC1.[2H]C1(C)CCCC1.[2H]C1(C)CCCCC1. The summed E-state index contributed by atoms with van der Waals surface area (Å²) in [5.74, 6) is 0.553. The lowest BCUT2D eigenvalue weighted by atomic mass is 9.88. The summed E-state index contributed by atoms with van der Waals surface area (Å²) in [7, 11) is 0. The van der Waals surface area contributed by atoms with Crippen molar-refractivity contribution in [3.8, 4) is 0 Å². The number of hydrogen-bond acceptors (Lipinski definition) is 0. The molecule has 0 unspecified atom stereocenters. The first-order chi connectivity index (χ1) is 18.9. The fourth-order valence-corrected chi connectivity index (χ4v) is 4.74. The Morgan fingerprint density at radius 2 is 0.765 bits per heavy atom. The highest BCUT2D eigenvalue weighted by atomic mass is 14.2. The Morgan fingerprint density at radius 3 is 0.941 bits per heavy atom. The quantitative estimate of drug-likeness (QED) is 0.364. The molecule has 34 heavy (non-hydrogen) atoms. The molecule has 4 aliphatic carbocycles. The van der Waals surface area contributed by atoms with Crippen LogP contribution >= 0.6 is 0 Å². The molecular formula is C34H70. The van der Waals surface area contributed by atoms with Crippen LogP contribution in [0.2, 0.25) is 0 Å². The van der Waals surface area contributed by atoms with Gasteiger partial charge in [-0.05, 0) is 29.0 Å². The predicted molar refractivity (Wildman–Crippen MR) is 159 cm³/mol. The Hall–Kier alpha value is 0. The van der Waals surface area contributed by atoms with Crippen LogP contribution in [0.15, 0.2) is 0 Å². The molecule has 0 amide bonds. The first kappa shape index (κ1) is 22.0. The summed E-state index contributed by atoms with van der Waals surface area (Å²) in [4.78, 5) is 0. The molecule has 0 aromatic carbocycles. The van der Waals surface area contributed by atoms with Crippen molar-refractivity contribution in [1.82, 2.24) is 0 Å². The van der Waals surface area contributed by atoms with Crippen LogP contribution in [0.3, 0.4) is 0 Å². The molecule has 0 heteroatoms. The first-order valence-electron chi connectivity index (χ1n) is 18.9. The highest BCUT2D eigenvalue weighted by Crippen LogP contribution is 2.27. The van der Waals surface area contributed by atoms with Crippen molar-refractivity contribution in [2.24, 2.45) is 29.0 Å². The molecule has 206 valence electrons. The molecule has 4 rings (SSSR count). The molecule has 0 aromatic rings. The van der Waals surface area contributed by atoms with Gasteiger partial charge in [0, 0.05) is 11.0 Å². The maximum absolute atomic E-state index is 7.63. The van der Waals surface area contributed by atoms with Gasteiger partial charge in [0.1, 0.15) is 0 Å². The Balaban J connectivity index is 0.000000503. The summed E-state index contributed by atoms with van der Waals surface area (Å²) in [5.41, 5.74) is -0.229. The second-order valence-electron chi connectivity index (χ2n) is 12.1. The minimum Gasteiger partial charge on any atom is -0.0651 e. The molecule has 4 aliphatic rings. The van der Waals surface area contributed by atoms with Gasteiger partial charge in [-0.2, -0.15) is 0 Å².